The fourth-order valence-electron chi connectivity index (χ4n) is 2.92. The third kappa shape index (κ3) is 2.76. The van der Waals surface area contributed by atoms with Crippen molar-refractivity contribution in [3.8, 4) is 0 Å². The van der Waals surface area contributed by atoms with E-state index in [4.69, 9.17) is 0 Å². The maximum atomic E-state index is 11.2. The van der Waals surface area contributed by atoms with E-state index in [9.17, 15) is 4.79 Å². The first-order chi connectivity index (χ1) is 10.0. The van der Waals surface area contributed by atoms with Crippen molar-refractivity contribution in [2.45, 2.75) is 45.7 Å². The van der Waals surface area contributed by atoms with Crippen LogP contribution in [-0.2, 0) is 4.79 Å². The Bertz CT molecular complexity index is 668. The molecule has 2 atom stereocenters. The average Bonchev–Trinajstić information content (AvgIpc) is 2.83. The summed E-state index contributed by atoms with van der Waals surface area (Å²) in [7, 11) is 0. The lowest BCUT2D eigenvalue weighted by molar-refractivity contribution is -0.122. The number of piperidine rings is 1. The van der Waals surface area contributed by atoms with Crippen molar-refractivity contribution in [3.63, 3.8) is 0 Å². The van der Waals surface area contributed by atoms with Gasteiger partial charge in [0.25, 0.3) is 0 Å². The summed E-state index contributed by atoms with van der Waals surface area (Å²) < 4.78 is 1.89. The van der Waals surface area contributed by atoms with E-state index < -0.39 is 0 Å². The highest BCUT2D eigenvalue weighted by Crippen LogP contribution is 2.19. The predicted octanol–water partition coefficient (Wildman–Crippen LogP) is 1.28. The fourth-order valence-corrected chi connectivity index (χ4v) is 2.92. The standard InChI is InChI=1S/C15H21N5O/c1-9-6-14-16-8-13(11(3)20(14)19-9)10(2)18-12-4-5-15(21)17-7-12/h6,8,10,12,18H,4-5,7H2,1-3H3,(H,17,21). The van der Waals surface area contributed by atoms with Gasteiger partial charge in [-0.3, -0.25) is 4.79 Å². The second kappa shape index (κ2) is 5.44. The zero-order valence-corrected chi connectivity index (χ0v) is 12.7. The third-order valence-corrected chi connectivity index (χ3v) is 4.10. The zero-order chi connectivity index (χ0) is 15.0. The van der Waals surface area contributed by atoms with Crippen molar-refractivity contribution in [2.75, 3.05) is 6.54 Å². The predicted molar refractivity (Wildman–Crippen MR) is 80.0 cm³/mol. The lowest BCUT2D eigenvalue weighted by Gasteiger charge is -2.27. The molecule has 0 saturated carbocycles. The van der Waals surface area contributed by atoms with Gasteiger partial charge < -0.3 is 10.6 Å². The van der Waals surface area contributed by atoms with Gasteiger partial charge in [0.05, 0.1) is 5.69 Å². The van der Waals surface area contributed by atoms with Crippen LogP contribution in [0.1, 0.15) is 42.8 Å². The Hall–Kier alpha value is -1.95. The smallest absolute Gasteiger partial charge is 0.220 e. The second-order valence-electron chi connectivity index (χ2n) is 5.78. The minimum absolute atomic E-state index is 0.145. The second-order valence-corrected chi connectivity index (χ2v) is 5.78. The van der Waals surface area contributed by atoms with Gasteiger partial charge in [0.1, 0.15) is 0 Å². The summed E-state index contributed by atoms with van der Waals surface area (Å²) in [5.41, 5.74) is 4.10. The average molecular weight is 287 g/mol. The highest BCUT2D eigenvalue weighted by Gasteiger charge is 2.21. The van der Waals surface area contributed by atoms with Gasteiger partial charge in [0.15, 0.2) is 5.65 Å². The lowest BCUT2D eigenvalue weighted by atomic mass is 10.0. The molecule has 2 aromatic rings. The summed E-state index contributed by atoms with van der Waals surface area (Å²) in [6.07, 6.45) is 3.40. The Morgan fingerprint density at radius 3 is 3.00 bits per heavy atom. The van der Waals surface area contributed by atoms with Crippen molar-refractivity contribution in [3.05, 3.63) is 29.2 Å². The molecule has 2 aromatic heterocycles. The summed E-state index contributed by atoms with van der Waals surface area (Å²) >= 11 is 0. The lowest BCUT2D eigenvalue weighted by Crippen LogP contribution is -2.46. The summed E-state index contributed by atoms with van der Waals surface area (Å²) in [5.74, 6) is 0.145. The fraction of sp³-hybridized carbons (Fsp3) is 0.533. The molecule has 1 aliphatic rings. The van der Waals surface area contributed by atoms with Crippen molar-refractivity contribution >= 4 is 11.6 Å². The van der Waals surface area contributed by atoms with Crippen LogP contribution in [0.5, 0.6) is 0 Å². The van der Waals surface area contributed by atoms with Crippen LogP contribution < -0.4 is 10.6 Å². The molecule has 0 bridgehead atoms. The summed E-state index contributed by atoms with van der Waals surface area (Å²) in [6.45, 7) is 6.86. The van der Waals surface area contributed by atoms with Gasteiger partial charge in [-0.15, -0.1) is 0 Å². The van der Waals surface area contributed by atoms with Crippen LogP contribution in [0.4, 0.5) is 0 Å². The molecule has 0 aromatic carbocycles. The summed E-state index contributed by atoms with van der Waals surface area (Å²) in [5, 5.41) is 11.0. The van der Waals surface area contributed by atoms with Gasteiger partial charge in [-0.05, 0) is 27.2 Å². The van der Waals surface area contributed by atoms with E-state index in [-0.39, 0.29) is 11.9 Å². The molecule has 1 aliphatic heterocycles. The molecule has 21 heavy (non-hydrogen) atoms. The van der Waals surface area contributed by atoms with E-state index in [1.165, 1.54) is 0 Å². The number of carbonyl (C=O) groups is 1. The topological polar surface area (TPSA) is 71.3 Å². The molecule has 1 saturated heterocycles. The van der Waals surface area contributed by atoms with Crippen molar-refractivity contribution < 1.29 is 4.79 Å². The number of amides is 1. The number of nitrogens with one attached hydrogen (secondary N) is 2. The molecule has 3 heterocycles. The Kier molecular flexibility index (Phi) is 3.63. The van der Waals surface area contributed by atoms with Gasteiger partial charge in [0.2, 0.25) is 5.91 Å². The van der Waals surface area contributed by atoms with Crippen LogP contribution in [0, 0.1) is 13.8 Å². The molecule has 6 nitrogen and oxygen atoms in total. The molecule has 0 radical (unpaired) electrons. The SMILES string of the molecule is Cc1cc2ncc(C(C)NC3CCC(=O)NC3)c(C)n2n1. The van der Waals surface area contributed by atoms with Crippen LogP contribution >= 0.6 is 0 Å². The molecule has 3 rings (SSSR count). The first kappa shape index (κ1) is 14.0. The van der Waals surface area contributed by atoms with Crippen LogP contribution in [0.15, 0.2) is 12.3 Å². The Morgan fingerprint density at radius 2 is 2.29 bits per heavy atom. The molecular weight excluding hydrogens is 266 g/mol. The molecule has 2 unspecified atom stereocenters. The maximum Gasteiger partial charge on any atom is 0.220 e. The molecular formula is C15H21N5O. The first-order valence-electron chi connectivity index (χ1n) is 7.39. The molecule has 112 valence electrons. The minimum Gasteiger partial charge on any atom is -0.355 e. The number of fused-ring (bicyclic) bond motifs is 1. The van der Waals surface area contributed by atoms with E-state index in [2.05, 4.69) is 34.6 Å². The number of carbonyl (C=O) groups excluding carboxylic acids is 1. The molecule has 1 fully saturated rings. The van der Waals surface area contributed by atoms with Gasteiger partial charge in [-0.1, -0.05) is 0 Å². The van der Waals surface area contributed by atoms with E-state index >= 15 is 0 Å². The normalized spacial score (nSPS) is 20.5. The van der Waals surface area contributed by atoms with Gasteiger partial charge in [0, 0.05) is 48.6 Å². The van der Waals surface area contributed by atoms with Gasteiger partial charge in [-0.25, -0.2) is 9.50 Å². The highest BCUT2D eigenvalue weighted by atomic mass is 16.1. The Morgan fingerprint density at radius 1 is 1.48 bits per heavy atom. The molecule has 1 amide bonds. The molecule has 0 aliphatic carbocycles. The van der Waals surface area contributed by atoms with Crippen molar-refractivity contribution in [1.82, 2.24) is 25.2 Å². The first-order valence-corrected chi connectivity index (χ1v) is 7.39. The van der Waals surface area contributed by atoms with Crippen molar-refractivity contribution in [2.24, 2.45) is 0 Å². The number of hydrogen-bond acceptors (Lipinski definition) is 4. The molecule has 2 N–H and O–H groups in total. The zero-order valence-electron chi connectivity index (χ0n) is 12.7. The maximum absolute atomic E-state index is 11.2. The Balaban J connectivity index is 1.79. The number of hydrogen-bond donors (Lipinski definition) is 2. The minimum atomic E-state index is 0.145. The largest absolute Gasteiger partial charge is 0.355 e. The van der Waals surface area contributed by atoms with Crippen LogP contribution in [0.2, 0.25) is 0 Å². The third-order valence-electron chi connectivity index (χ3n) is 4.10. The number of aromatic nitrogens is 3. The quantitative estimate of drug-likeness (QED) is 0.892. The monoisotopic (exact) mass is 287 g/mol. The van der Waals surface area contributed by atoms with E-state index in [1.54, 1.807) is 0 Å². The molecule has 6 heteroatoms. The number of rotatable bonds is 3. The summed E-state index contributed by atoms with van der Waals surface area (Å²) in [6, 6.07) is 2.46. The van der Waals surface area contributed by atoms with Gasteiger partial charge >= 0.3 is 0 Å². The number of aryl methyl sites for hydroxylation is 2. The van der Waals surface area contributed by atoms with Gasteiger partial charge in [-0.2, -0.15) is 5.10 Å². The number of nitrogens with zero attached hydrogens (tertiary/aromatic N) is 3. The summed E-state index contributed by atoms with van der Waals surface area (Å²) in [4.78, 5) is 15.7. The van der Waals surface area contributed by atoms with Crippen molar-refractivity contribution in [1.29, 1.82) is 0 Å². The van der Waals surface area contributed by atoms with E-state index in [0.717, 1.165) is 29.0 Å². The van der Waals surface area contributed by atoms with E-state index in [0.29, 0.717) is 19.0 Å². The van der Waals surface area contributed by atoms with E-state index in [1.807, 2.05) is 23.7 Å². The molecule has 0 spiro atoms. The van der Waals surface area contributed by atoms with Crippen LogP contribution in [0.3, 0.4) is 0 Å². The van der Waals surface area contributed by atoms with Crippen LogP contribution in [-0.4, -0.2) is 33.1 Å². The highest BCUT2D eigenvalue weighted by molar-refractivity contribution is 5.76. The Labute approximate surface area is 123 Å². The van der Waals surface area contributed by atoms with Crippen LogP contribution in [0.25, 0.3) is 5.65 Å².